The molecule has 0 unspecified atom stereocenters. The molecular weight excluding hydrogens is 290 g/mol. The van der Waals surface area contributed by atoms with Gasteiger partial charge in [0.2, 0.25) is 5.76 Å². The van der Waals surface area contributed by atoms with E-state index in [0.717, 1.165) is 17.9 Å². The third-order valence-corrected chi connectivity index (χ3v) is 3.65. The molecule has 0 radical (unpaired) electrons. The predicted octanol–water partition coefficient (Wildman–Crippen LogP) is 2.69. The van der Waals surface area contributed by atoms with Crippen molar-refractivity contribution in [1.29, 1.82) is 0 Å². The average molecular weight is 307 g/mol. The van der Waals surface area contributed by atoms with Crippen molar-refractivity contribution in [1.82, 2.24) is 9.97 Å². The average Bonchev–Trinajstić information content (AvgIpc) is 2.93. The summed E-state index contributed by atoms with van der Waals surface area (Å²) < 4.78 is 5.21. The van der Waals surface area contributed by atoms with Gasteiger partial charge >= 0.3 is 5.97 Å². The Kier molecular flexibility index (Phi) is 4.85. The normalized spacial score (nSPS) is 10.6. The largest absolute Gasteiger partial charge is 0.475 e. The number of aromatic carboxylic acids is 1. The Morgan fingerprint density at radius 2 is 2.14 bits per heavy atom. The summed E-state index contributed by atoms with van der Waals surface area (Å²) in [6.45, 7) is 2.04. The molecule has 0 aromatic carbocycles. The smallest absolute Gasteiger partial charge is 0.371 e. The van der Waals surface area contributed by atoms with Crippen LogP contribution in [0, 0.1) is 0 Å². The highest BCUT2D eigenvalue weighted by atomic mass is 32.2. The second-order valence-electron chi connectivity index (χ2n) is 4.61. The highest BCUT2D eigenvalue weighted by Gasteiger charge is 2.11. The number of thioether (sulfide) groups is 1. The molecule has 0 fully saturated rings. The van der Waals surface area contributed by atoms with Crippen molar-refractivity contribution < 1.29 is 14.3 Å². The van der Waals surface area contributed by atoms with Crippen LogP contribution < -0.4 is 4.90 Å². The summed E-state index contributed by atoms with van der Waals surface area (Å²) in [5.41, 5.74) is 0.974. The van der Waals surface area contributed by atoms with E-state index in [0.29, 0.717) is 16.7 Å². The van der Waals surface area contributed by atoms with E-state index < -0.39 is 5.97 Å². The van der Waals surface area contributed by atoms with E-state index in [1.165, 1.54) is 17.8 Å². The zero-order valence-electron chi connectivity index (χ0n) is 12.2. The van der Waals surface area contributed by atoms with Crippen molar-refractivity contribution in [2.45, 2.75) is 24.3 Å². The first-order chi connectivity index (χ1) is 9.99. The van der Waals surface area contributed by atoms with Gasteiger partial charge in [0.15, 0.2) is 5.16 Å². The molecule has 0 amide bonds. The quantitative estimate of drug-likeness (QED) is 0.649. The van der Waals surface area contributed by atoms with Crippen LogP contribution in [0.2, 0.25) is 0 Å². The maximum Gasteiger partial charge on any atom is 0.371 e. The van der Waals surface area contributed by atoms with Crippen molar-refractivity contribution in [2.24, 2.45) is 0 Å². The highest BCUT2D eigenvalue weighted by molar-refractivity contribution is 7.98. The molecule has 112 valence electrons. The first-order valence-electron chi connectivity index (χ1n) is 6.49. The minimum absolute atomic E-state index is 0.0530. The number of hydrogen-bond acceptors (Lipinski definition) is 6. The molecule has 2 aromatic heterocycles. The topological polar surface area (TPSA) is 79.5 Å². The Balaban J connectivity index is 2.11. The molecule has 2 heterocycles. The summed E-state index contributed by atoms with van der Waals surface area (Å²) in [5.74, 6) is 0.824. The molecular formula is C14H17N3O3S. The van der Waals surface area contributed by atoms with Crippen molar-refractivity contribution in [3.05, 3.63) is 35.4 Å². The van der Waals surface area contributed by atoms with Crippen LogP contribution in [-0.4, -0.2) is 35.1 Å². The van der Waals surface area contributed by atoms with Gasteiger partial charge in [0.25, 0.3) is 0 Å². The standard InChI is InChI=1S/C14H17N3O3S/c1-4-9-7-12(17(2)3)16-14(15-9)21-8-10-5-6-11(20-10)13(18)19/h5-7H,4,8H2,1-3H3,(H,18,19). The summed E-state index contributed by atoms with van der Waals surface area (Å²) >= 11 is 1.42. The second-order valence-corrected chi connectivity index (χ2v) is 5.55. The number of hydrogen-bond donors (Lipinski definition) is 1. The number of aryl methyl sites for hydroxylation is 1. The summed E-state index contributed by atoms with van der Waals surface area (Å²) in [5, 5.41) is 9.48. The molecule has 1 N–H and O–H groups in total. The molecule has 0 bridgehead atoms. The minimum Gasteiger partial charge on any atom is -0.475 e. The molecule has 0 aliphatic heterocycles. The van der Waals surface area contributed by atoms with Crippen LogP contribution in [0.5, 0.6) is 0 Å². The molecule has 0 spiro atoms. The summed E-state index contributed by atoms with van der Waals surface area (Å²) in [6, 6.07) is 5.07. The molecule has 0 aliphatic rings. The molecule has 6 nitrogen and oxygen atoms in total. The maximum absolute atomic E-state index is 10.8. The zero-order chi connectivity index (χ0) is 15.4. The number of rotatable bonds is 6. The third-order valence-electron chi connectivity index (χ3n) is 2.78. The number of aromatic nitrogens is 2. The molecule has 0 saturated heterocycles. The lowest BCUT2D eigenvalue weighted by Gasteiger charge is -2.13. The molecule has 2 aromatic rings. The van der Waals surface area contributed by atoms with E-state index in [4.69, 9.17) is 9.52 Å². The second kappa shape index (κ2) is 6.62. The molecule has 7 heteroatoms. The minimum atomic E-state index is -1.06. The van der Waals surface area contributed by atoms with Gasteiger partial charge in [-0.1, -0.05) is 18.7 Å². The van der Waals surface area contributed by atoms with E-state index in [1.54, 1.807) is 6.07 Å². The van der Waals surface area contributed by atoms with Crippen molar-refractivity contribution in [3.8, 4) is 0 Å². The van der Waals surface area contributed by atoms with E-state index >= 15 is 0 Å². The van der Waals surface area contributed by atoms with Crippen LogP contribution >= 0.6 is 11.8 Å². The van der Waals surface area contributed by atoms with Crippen LogP contribution in [0.4, 0.5) is 5.82 Å². The van der Waals surface area contributed by atoms with Gasteiger partial charge in [-0.3, -0.25) is 0 Å². The lowest BCUT2D eigenvalue weighted by atomic mass is 10.3. The van der Waals surface area contributed by atoms with Gasteiger partial charge in [-0.25, -0.2) is 14.8 Å². The number of nitrogens with zero attached hydrogens (tertiary/aromatic N) is 3. The van der Waals surface area contributed by atoms with Gasteiger partial charge in [0.1, 0.15) is 11.6 Å². The maximum atomic E-state index is 10.8. The summed E-state index contributed by atoms with van der Waals surface area (Å²) in [7, 11) is 3.86. The monoisotopic (exact) mass is 307 g/mol. The Bertz CT molecular complexity index is 640. The first-order valence-corrected chi connectivity index (χ1v) is 7.48. The lowest BCUT2D eigenvalue weighted by Crippen LogP contribution is -2.12. The van der Waals surface area contributed by atoms with Crippen LogP contribution in [0.1, 0.15) is 28.9 Å². The number of carbonyl (C=O) groups is 1. The Labute approximate surface area is 127 Å². The van der Waals surface area contributed by atoms with Gasteiger partial charge in [0.05, 0.1) is 5.75 Å². The van der Waals surface area contributed by atoms with E-state index in [9.17, 15) is 4.79 Å². The summed E-state index contributed by atoms with van der Waals surface area (Å²) in [4.78, 5) is 21.6. The van der Waals surface area contributed by atoms with E-state index in [2.05, 4.69) is 9.97 Å². The SMILES string of the molecule is CCc1cc(N(C)C)nc(SCc2ccc(C(=O)O)o2)n1. The van der Waals surface area contributed by atoms with Gasteiger partial charge in [-0.15, -0.1) is 0 Å². The Morgan fingerprint density at radius 1 is 1.38 bits per heavy atom. The number of carboxylic acids is 1. The fraction of sp³-hybridized carbons (Fsp3) is 0.357. The van der Waals surface area contributed by atoms with Crippen molar-refractivity contribution >= 4 is 23.5 Å². The highest BCUT2D eigenvalue weighted by Crippen LogP contribution is 2.23. The Morgan fingerprint density at radius 3 is 2.71 bits per heavy atom. The van der Waals surface area contributed by atoms with Crippen LogP contribution in [-0.2, 0) is 12.2 Å². The predicted molar refractivity (Wildman–Crippen MR) is 81.0 cm³/mol. The van der Waals surface area contributed by atoms with Crippen LogP contribution in [0.3, 0.4) is 0 Å². The van der Waals surface area contributed by atoms with Crippen molar-refractivity contribution in [2.75, 3.05) is 19.0 Å². The molecule has 0 aliphatic carbocycles. The third kappa shape index (κ3) is 3.98. The van der Waals surface area contributed by atoms with Gasteiger partial charge in [-0.2, -0.15) is 0 Å². The van der Waals surface area contributed by atoms with E-state index in [1.807, 2.05) is 32.0 Å². The zero-order valence-corrected chi connectivity index (χ0v) is 13.0. The summed E-state index contributed by atoms with van der Waals surface area (Å²) in [6.07, 6.45) is 0.834. The van der Waals surface area contributed by atoms with Gasteiger partial charge in [0, 0.05) is 25.9 Å². The van der Waals surface area contributed by atoms with Crippen LogP contribution in [0.25, 0.3) is 0 Å². The number of anilines is 1. The number of carboxylic acid groups (broad SMARTS) is 1. The van der Waals surface area contributed by atoms with E-state index in [-0.39, 0.29) is 5.76 Å². The Hall–Kier alpha value is -2.02. The molecule has 0 atom stereocenters. The fourth-order valence-corrected chi connectivity index (χ4v) is 2.41. The fourth-order valence-electron chi connectivity index (χ4n) is 1.64. The van der Waals surface area contributed by atoms with Crippen LogP contribution in [0.15, 0.2) is 27.8 Å². The van der Waals surface area contributed by atoms with Gasteiger partial charge in [-0.05, 0) is 18.6 Å². The molecule has 2 rings (SSSR count). The van der Waals surface area contributed by atoms with Gasteiger partial charge < -0.3 is 14.4 Å². The number of furan rings is 1. The first kappa shape index (κ1) is 15.4. The molecule has 0 saturated carbocycles. The van der Waals surface area contributed by atoms with Crippen molar-refractivity contribution in [3.63, 3.8) is 0 Å². The lowest BCUT2D eigenvalue weighted by molar-refractivity contribution is 0.0661. The molecule has 21 heavy (non-hydrogen) atoms.